The van der Waals surface area contributed by atoms with Crippen LogP contribution >= 0.6 is 23.4 Å². The first-order valence-corrected chi connectivity index (χ1v) is 10.5. The van der Waals surface area contributed by atoms with Crippen molar-refractivity contribution in [3.8, 4) is 11.5 Å². The maximum atomic E-state index is 12.9. The Balaban J connectivity index is 1.44. The van der Waals surface area contributed by atoms with Gasteiger partial charge in [-0.2, -0.15) is 0 Å². The van der Waals surface area contributed by atoms with E-state index < -0.39 is 5.91 Å². The molecule has 0 atom stereocenters. The molecule has 10 heteroatoms. The number of aryl methyl sites for hydroxylation is 2. The molecule has 1 saturated heterocycles. The van der Waals surface area contributed by atoms with E-state index in [1.165, 1.54) is 0 Å². The summed E-state index contributed by atoms with van der Waals surface area (Å²) in [6.45, 7) is 0.139. The van der Waals surface area contributed by atoms with E-state index in [1.54, 1.807) is 41.4 Å². The van der Waals surface area contributed by atoms with Crippen LogP contribution in [0.1, 0.15) is 11.1 Å². The van der Waals surface area contributed by atoms with Gasteiger partial charge in [-0.1, -0.05) is 17.7 Å². The normalized spacial score (nSPS) is 16.9. The number of nitrogens with zero attached hydrogens (tertiary/aromatic N) is 3. The minimum Gasteiger partial charge on any atom is -0.454 e. The van der Waals surface area contributed by atoms with Gasteiger partial charge in [0.1, 0.15) is 0 Å². The predicted molar refractivity (Wildman–Crippen MR) is 117 cm³/mol. The monoisotopic (exact) mass is 457 g/mol. The number of rotatable bonds is 3. The average Bonchev–Trinajstić information content (AvgIpc) is 3.37. The molecule has 31 heavy (non-hydrogen) atoms. The molecule has 3 aromatic rings. The third-order valence-electron chi connectivity index (χ3n) is 5.34. The molecule has 1 fully saturated rings. The molecule has 0 spiro atoms. The second-order valence-corrected chi connectivity index (χ2v) is 8.61. The van der Waals surface area contributed by atoms with Gasteiger partial charge in [0.05, 0.1) is 22.5 Å². The summed E-state index contributed by atoms with van der Waals surface area (Å²) in [5, 5.41) is 0.0147. The first kappa shape index (κ1) is 19.8. The molecule has 2 aliphatic rings. The lowest BCUT2D eigenvalue weighted by Gasteiger charge is -2.14. The lowest BCUT2D eigenvalue weighted by atomic mass is 10.1. The number of halogens is 1. The number of hydrogen-bond donors (Lipinski definition) is 0. The van der Waals surface area contributed by atoms with Crippen molar-refractivity contribution >= 4 is 51.6 Å². The van der Waals surface area contributed by atoms with Crippen molar-refractivity contribution in [1.29, 1.82) is 0 Å². The quantitative estimate of drug-likeness (QED) is 0.560. The van der Waals surface area contributed by atoms with Gasteiger partial charge in [-0.05, 0) is 47.2 Å². The van der Waals surface area contributed by atoms with Gasteiger partial charge in [0, 0.05) is 25.2 Å². The summed E-state index contributed by atoms with van der Waals surface area (Å²) in [5.41, 5.74) is 2.71. The Morgan fingerprint density at radius 2 is 1.74 bits per heavy atom. The van der Waals surface area contributed by atoms with Crippen molar-refractivity contribution in [1.82, 2.24) is 14.0 Å². The summed E-state index contributed by atoms with van der Waals surface area (Å²) >= 11 is 7.17. The zero-order chi connectivity index (χ0) is 21.9. The van der Waals surface area contributed by atoms with E-state index in [2.05, 4.69) is 0 Å². The maximum Gasteiger partial charge on any atom is 0.328 e. The Morgan fingerprint density at radius 3 is 2.52 bits per heavy atom. The number of benzene rings is 2. The van der Waals surface area contributed by atoms with Crippen LogP contribution in [0, 0.1) is 0 Å². The summed E-state index contributed by atoms with van der Waals surface area (Å²) in [6, 6.07) is 8.75. The van der Waals surface area contributed by atoms with Crippen LogP contribution in [0.2, 0.25) is 5.02 Å². The molecular formula is C21H16ClN3O5S. The SMILES string of the molecule is Cn1c(=O)n(C)c2cc(/C=C3\SC(=O)N(Cc4cc5c(cc4Cl)OCO5)C3=O)ccc21. The van der Waals surface area contributed by atoms with Gasteiger partial charge in [-0.15, -0.1) is 0 Å². The minimum atomic E-state index is -0.397. The smallest absolute Gasteiger partial charge is 0.328 e. The molecule has 1 aromatic heterocycles. The predicted octanol–water partition coefficient (Wildman–Crippen LogP) is 3.50. The summed E-state index contributed by atoms with van der Waals surface area (Å²) in [4.78, 5) is 39.0. The highest BCUT2D eigenvalue weighted by Crippen LogP contribution is 2.39. The molecule has 0 saturated carbocycles. The molecule has 0 unspecified atom stereocenters. The van der Waals surface area contributed by atoms with Crippen molar-refractivity contribution in [2.45, 2.75) is 6.54 Å². The minimum absolute atomic E-state index is 0.0315. The van der Waals surface area contributed by atoms with E-state index >= 15 is 0 Å². The molecule has 0 radical (unpaired) electrons. The van der Waals surface area contributed by atoms with Gasteiger partial charge < -0.3 is 9.47 Å². The van der Waals surface area contributed by atoms with Gasteiger partial charge in [-0.25, -0.2) is 4.79 Å². The third-order valence-corrected chi connectivity index (χ3v) is 6.60. The molecule has 0 N–H and O–H groups in total. The third kappa shape index (κ3) is 3.21. The molecule has 0 bridgehead atoms. The highest BCUT2D eigenvalue weighted by atomic mass is 35.5. The Kier molecular flexibility index (Phi) is 4.60. The van der Waals surface area contributed by atoms with Gasteiger partial charge >= 0.3 is 5.69 Å². The van der Waals surface area contributed by atoms with Crippen LogP contribution in [-0.2, 0) is 25.4 Å². The number of aromatic nitrogens is 2. The number of carbonyl (C=O) groups is 2. The van der Waals surface area contributed by atoms with E-state index in [4.69, 9.17) is 21.1 Å². The standard InChI is InChI=1S/C21H16ClN3O5S/c1-23-14-4-3-11(5-15(14)24(2)20(23)27)6-18-19(26)25(21(28)31-18)9-12-7-16-17(8-13(12)22)30-10-29-16/h3-8H,9-10H2,1-2H3/b18-6-. The molecule has 8 nitrogen and oxygen atoms in total. The summed E-state index contributed by atoms with van der Waals surface area (Å²) < 4.78 is 13.7. The zero-order valence-corrected chi connectivity index (χ0v) is 18.1. The number of thioether (sulfide) groups is 1. The second kappa shape index (κ2) is 7.21. The van der Waals surface area contributed by atoms with Gasteiger partial charge in [0.15, 0.2) is 11.5 Å². The topological polar surface area (TPSA) is 82.8 Å². The van der Waals surface area contributed by atoms with Crippen LogP contribution < -0.4 is 15.2 Å². The molecule has 2 amide bonds. The number of imide groups is 1. The lowest BCUT2D eigenvalue weighted by molar-refractivity contribution is -0.123. The number of amides is 2. The molecule has 3 heterocycles. The average molecular weight is 458 g/mol. The Morgan fingerprint density at radius 1 is 1.03 bits per heavy atom. The molecular weight excluding hydrogens is 442 g/mol. The van der Waals surface area contributed by atoms with Crippen LogP contribution in [0.15, 0.2) is 40.0 Å². The van der Waals surface area contributed by atoms with Gasteiger partial charge in [0.2, 0.25) is 6.79 Å². The summed E-state index contributed by atoms with van der Waals surface area (Å²) in [5.74, 6) is 0.669. The van der Waals surface area contributed by atoms with Crippen molar-refractivity contribution < 1.29 is 19.1 Å². The Labute approximate surface area is 185 Å². The number of carbonyl (C=O) groups excluding carboxylic acids is 2. The number of hydrogen-bond acceptors (Lipinski definition) is 6. The highest BCUT2D eigenvalue weighted by molar-refractivity contribution is 8.18. The molecule has 5 rings (SSSR count). The number of imidazole rings is 1. The van der Waals surface area contributed by atoms with Crippen LogP contribution in [0.5, 0.6) is 11.5 Å². The second-order valence-electron chi connectivity index (χ2n) is 7.21. The highest BCUT2D eigenvalue weighted by Gasteiger charge is 2.35. The summed E-state index contributed by atoms with van der Waals surface area (Å²) in [6.07, 6.45) is 1.66. The fourth-order valence-corrected chi connectivity index (χ4v) is 4.70. The van der Waals surface area contributed by atoms with E-state index in [0.717, 1.165) is 33.3 Å². The van der Waals surface area contributed by atoms with E-state index in [1.807, 2.05) is 18.2 Å². The zero-order valence-electron chi connectivity index (χ0n) is 16.5. The molecule has 2 aromatic carbocycles. The summed E-state index contributed by atoms with van der Waals surface area (Å²) in [7, 11) is 3.40. The first-order chi connectivity index (χ1) is 14.8. The fraction of sp³-hybridized carbons (Fsp3) is 0.190. The van der Waals surface area contributed by atoms with Crippen LogP contribution in [0.4, 0.5) is 4.79 Å². The lowest BCUT2D eigenvalue weighted by Crippen LogP contribution is -2.27. The molecule has 158 valence electrons. The fourth-order valence-electron chi connectivity index (χ4n) is 3.65. The Bertz CT molecular complexity index is 1370. The van der Waals surface area contributed by atoms with E-state index in [-0.39, 0.29) is 24.3 Å². The Hall–Kier alpha value is -3.17. The number of ether oxygens (including phenoxy) is 2. The maximum absolute atomic E-state index is 12.9. The van der Waals surface area contributed by atoms with Crippen LogP contribution in [0.25, 0.3) is 17.1 Å². The van der Waals surface area contributed by atoms with Gasteiger partial charge in [-0.3, -0.25) is 23.6 Å². The van der Waals surface area contributed by atoms with Crippen molar-refractivity contribution in [3.63, 3.8) is 0 Å². The van der Waals surface area contributed by atoms with E-state index in [9.17, 15) is 14.4 Å². The van der Waals surface area contributed by atoms with Crippen LogP contribution in [-0.4, -0.2) is 32.0 Å². The van der Waals surface area contributed by atoms with E-state index in [0.29, 0.717) is 27.0 Å². The molecule has 2 aliphatic heterocycles. The first-order valence-electron chi connectivity index (χ1n) is 9.32. The van der Waals surface area contributed by atoms with Crippen molar-refractivity contribution in [3.05, 3.63) is 61.9 Å². The van der Waals surface area contributed by atoms with Crippen molar-refractivity contribution in [2.24, 2.45) is 14.1 Å². The largest absolute Gasteiger partial charge is 0.454 e. The van der Waals surface area contributed by atoms with Crippen LogP contribution in [0.3, 0.4) is 0 Å². The van der Waals surface area contributed by atoms with Crippen molar-refractivity contribution in [2.75, 3.05) is 6.79 Å². The molecule has 0 aliphatic carbocycles. The van der Waals surface area contributed by atoms with Gasteiger partial charge in [0.25, 0.3) is 11.1 Å². The number of fused-ring (bicyclic) bond motifs is 2.